The Labute approximate surface area is 171 Å². The van der Waals surface area contributed by atoms with E-state index in [1.165, 1.54) is 15.0 Å². The number of thiophene rings is 1. The van der Waals surface area contributed by atoms with Gasteiger partial charge in [0.05, 0.1) is 28.0 Å². The van der Waals surface area contributed by atoms with Crippen LogP contribution in [-0.2, 0) is 0 Å². The average molecular weight is 411 g/mol. The summed E-state index contributed by atoms with van der Waals surface area (Å²) in [7, 11) is 0. The van der Waals surface area contributed by atoms with E-state index in [0.717, 1.165) is 41.2 Å². The van der Waals surface area contributed by atoms with E-state index in [1.54, 1.807) is 22.7 Å². The summed E-state index contributed by atoms with van der Waals surface area (Å²) in [5.74, 6) is 0.505. The van der Waals surface area contributed by atoms with Crippen LogP contribution >= 0.6 is 22.7 Å². The van der Waals surface area contributed by atoms with Gasteiger partial charge in [-0.1, -0.05) is 0 Å². The van der Waals surface area contributed by atoms with Gasteiger partial charge in [-0.2, -0.15) is 0 Å². The first-order valence-corrected chi connectivity index (χ1v) is 11.3. The van der Waals surface area contributed by atoms with Gasteiger partial charge in [0.15, 0.2) is 0 Å². The molecular formula is C21H22N4OS2. The van der Waals surface area contributed by atoms with E-state index in [9.17, 15) is 5.11 Å². The Morgan fingerprint density at radius 1 is 1.25 bits per heavy atom. The molecule has 0 bridgehead atoms. The van der Waals surface area contributed by atoms with Crippen LogP contribution in [0.2, 0.25) is 0 Å². The van der Waals surface area contributed by atoms with E-state index in [-0.39, 0.29) is 6.61 Å². The van der Waals surface area contributed by atoms with Crippen molar-refractivity contribution in [3.05, 3.63) is 46.9 Å². The molecule has 1 aliphatic heterocycles. The third-order valence-corrected chi connectivity index (χ3v) is 7.69. The number of pyridine rings is 1. The van der Waals surface area contributed by atoms with Crippen molar-refractivity contribution in [2.24, 2.45) is 0 Å². The van der Waals surface area contributed by atoms with E-state index in [0.29, 0.717) is 12.0 Å². The number of likely N-dealkylation sites (tertiary alicyclic amines) is 1. The average Bonchev–Trinajstić information content (AvgIpc) is 3.41. The number of rotatable bonds is 5. The Bertz CT molecular complexity index is 1120. The Kier molecular flexibility index (Phi) is 4.76. The summed E-state index contributed by atoms with van der Waals surface area (Å²) in [6.45, 7) is 4.30. The Hall–Kier alpha value is -2.06. The van der Waals surface area contributed by atoms with Crippen molar-refractivity contribution in [1.29, 1.82) is 0 Å². The summed E-state index contributed by atoms with van der Waals surface area (Å²) in [4.78, 5) is 13.9. The highest BCUT2D eigenvalue weighted by Crippen LogP contribution is 2.41. The predicted octanol–water partition coefficient (Wildman–Crippen LogP) is 4.82. The normalized spacial score (nSPS) is 20.4. The molecular weight excluding hydrogens is 388 g/mol. The number of aliphatic hydroxyl groups excluding tert-OH is 1. The molecule has 1 aliphatic rings. The van der Waals surface area contributed by atoms with Crippen LogP contribution in [0.4, 0.5) is 11.4 Å². The zero-order valence-corrected chi connectivity index (χ0v) is 17.3. The zero-order valence-electron chi connectivity index (χ0n) is 15.6. The standard InChI is InChI=1S/C21H22N4OS2/c1-13-15(5-7-25(13)8-9-26)20-11-16-17(4-6-22-21(16)28-20)24-14-2-3-19-18(10-14)23-12-27-19/h2-4,6,10-13,15,26H,5,7-9H2,1H3,(H,22,24)/t13-,15-/m0/s1. The first-order valence-electron chi connectivity index (χ1n) is 9.56. The summed E-state index contributed by atoms with van der Waals surface area (Å²) in [6.07, 6.45) is 3.01. The fourth-order valence-corrected chi connectivity index (χ4v) is 6.09. The molecule has 1 fully saturated rings. The summed E-state index contributed by atoms with van der Waals surface area (Å²) in [5.41, 5.74) is 5.03. The molecule has 1 saturated heterocycles. The van der Waals surface area contributed by atoms with Crippen molar-refractivity contribution in [3.8, 4) is 0 Å². The van der Waals surface area contributed by atoms with E-state index < -0.39 is 0 Å². The van der Waals surface area contributed by atoms with Crippen LogP contribution in [0, 0.1) is 0 Å². The number of β-amino-alcohol motifs (C(OH)–C–C–N with tert-alkyl or cyclic N) is 1. The van der Waals surface area contributed by atoms with Crippen molar-refractivity contribution in [2.45, 2.75) is 25.3 Å². The van der Waals surface area contributed by atoms with Gasteiger partial charge in [0.2, 0.25) is 0 Å². The van der Waals surface area contributed by atoms with Gasteiger partial charge in [-0.05, 0) is 50.2 Å². The highest BCUT2D eigenvalue weighted by molar-refractivity contribution is 7.18. The fourth-order valence-electron chi connectivity index (χ4n) is 4.17. The van der Waals surface area contributed by atoms with Gasteiger partial charge < -0.3 is 10.4 Å². The predicted molar refractivity (Wildman–Crippen MR) is 118 cm³/mol. The molecule has 28 heavy (non-hydrogen) atoms. The van der Waals surface area contributed by atoms with Gasteiger partial charge >= 0.3 is 0 Å². The highest BCUT2D eigenvalue weighted by Gasteiger charge is 2.32. The maximum Gasteiger partial charge on any atom is 0.125 e. The molecule has 4 heterocycles. The molecule has 0 amide bonds. The SMILES string of the molecule is C[C@H]1[C@@H](c2cc3c(Nc4ccc5scnc5c4)ccnc3s2)CCN1CCO. The number of hydrogen-bond acceptors (Lipinski definition) is 7. The minimum absolute atomic E-state index is 0.225. The fraction of sp³-hybridized carbons (Fsp3) is 0.333. The molecule has 3 aromatic heterocycles. The lowest BCUT2D eigenvalue weighted by atomic mass is 9.99. The largest absolute Gasteiger partial charge is 0.395 e. The van der Waals surface area contributed by atoms with Gasteiger partial charge in [-0.25, -0.2) is 9.97 Å². The highest BCUT2D eigenvalue weighted by atomic mass is 32.1. The molecule has 2 atom stereocenters. The summed E-state index contributed by atoms with van der Waals surface area (Å²) >= 11 is 3.46. The second kappa shape index (κ2) is 7.40. The molecule has 7 heteroatoms. The number of hydrogen-bond donors (Lipinski definition) is 2. The molecule has 2 N–H and O–H groups in total. The molecule has 5 nitrogen and oxygen atoms in total. The van der Waals surface area contributed by atoms with E-state index in [1.807, 2.05) is 17.8 Å². The van der Waals surface area contributed by atoms with Crippen molar-refractivity contribution < 1.29 is 5.11 Å². The summed E-state index contributed by atoms with van der Waals surface area (Å²) in [5, 5.41) is 14.0. The maximum atomic E-state index is 9.28. The lowest BCUT2D eigenvalue weighted by molar-refractivity contribution is 0.188. The Balaban J connectivity index is 1.46. The minimum atomic E-state index is 0.225. The lowest BCUT2D eigenvalue weighted by Crippen LogP contribution is -2.31. The molecule has 0 aliphatic carbocycles. The number of aromatic nitrogens is 2. The summed E-state index contributed by atoms with van der Waals surface area (Å²) in [6, 6.07) is 11.1. The van der Waals surface area contributed by atoms with E-state index >= 15 is 0 Å². The van der Waals surface area contributed by atoms with Crippen LogP contribution < -0.4 is 5.32 Å². The molecule has 0 saturated carbocycles. The van der Waals surface area contributed by atoms with Crippen LogP contribution in [0.5, 0.6) is 0 Å². The molecule has 4 aromatic rings. The topological polar surface area (TPSA) is 61.3 Å². The maximum absolute atomic E-state index is 9.28. The third kappa shape index (κ3) is 3.18. The van der Waals surface area contributed by atoms with Crippen molar-refractivity contribution in [3.63, 3.8) is 0 Å². The van der Waals surface area contributed by atoms with Crippen LogP contribution in [0.1, 0.15) is 24.1 Å². The van der Waals surface area contributed by atoms with Crippen LogP contribution in [0.25, 0.3) is 20.4 Å². The van der Waals surface area contributed by atoms with Crippen molar-refractivity contribution in [2.75, 3.05) is 25.0 Å². The Morgan fingerprint density at radius 3 is 3.07 bits per heavy atom. The first kappa shape index (κ1) is 18.0. The summed E-state index contributed by atoms with van der Waals surface area (Å²) < 4.78 is 1.20. The first-order chi connectivity index (χ1) is 13.7. The Morgan fingerprint density at radius 2 is 2.18 bits per heavy atom. The number of thiazole rings is 1. The van der Waals surface area contributed by atoms with Crippen LogP contribution in [0.15, 0.2) is 42.0 Å². The van der Waals surface area contributed by atoms with Gasteiger partial charge in [0.25, 0.3) is 0 Å². The van der Waals surface area contributed by atoms with Gasteiger partial charge in [0.1, 0.15) is 4.83 Å². The number of nitrogens with one attached hydrogen (secondary N) is 1. The van der Waals surface area contributed by atoms with Crippen molar-refractivity contribution >= 4 is 54.5 Å². The number of benzene rings is 1. The second-order valence-corrected chi connectivity index (χ2v) is 9.23. The molecule has 5 rings (SSSR count). The minimum Gasteiger partial charge on any atom is -0.395 e. The third-order valence-electron chi connectivity index (χ3n) is 5.70. The molecule has 0 unspecified atom stereocenters. The quantitative estimate of drug-likeness (QED) is 0.494. The van der Waals surface area contributed by atoms with Crippen LogP contribution in [0.3, 0.4) is 0 Å². The zero-order chi connectivity index (χ0) is 19.1. The second-order valence-electron chi connectivity index (χ2n) is 7.28. The molecule has 144 valence electrons. The van der Waals surface area contributed by atoms with Crippen molar-refractivity contribution in [1.82, 2.24) is 14.9 Å². The number of fused-ring (bicyclic) bond motifs is 2. The number of nitrogens with zero attached hydrogens (tertiary/aromatic N) is 3. The van der Waals surface area contributed by atoms with Crippen LogP contribution in [-0.4, -0.2) is 45.7 Å². The van der Waals surface area contributed by atoms with E-state index in [4.69, 9.17) is 0 Å². The smallest absolute Gasteiger partial charge is 0.125 e. The number of anilines is 2. The molecule has 0 spiro atoms. The van der Waals surface area contributed by atoms with E-state index in [2.05, 4.69) is 51.4 Å². The lowest BCUT2D eigenvalue weighted by Gasteiger charge is -2.23. The monoisotopic (exact) mass is 410 g/mol. The van der Waals surface area contributed by atoms with Gasteiger partial charge in [0, 0.05) is 40.7 Å². The molecule has 1 aromatic carbocycles. The number of aliphatic hydroxyl groups is 1. The molecule has 0 radical (unpaired) electrons. The van der Waals surface area contributed by atoms with Gasteiger partial charge in [-0.15, -0.1) is 22.7 Å². The van der Waals surface area contributed by atoms with Gasteiger partial charge in [-0.3, -0.25) is 4.90 Å².